The summed E-state index contributed by atoms with van der Waals surface area (Å²) in [5, 5.41) is 0.978. The summed E-state index contributed by atoms with van der Waals surface area (Å²) in [6, 6.07) is 9.62. The molecule has 0 heterocycles. The third-order valence-electron chi connectivity index (χ3n) is 3.06. The van der Waals surface area contributed by atoms with Gasteiger partial charge in [-0.3, -0.25) is 20.4 Å². The number of carbonyl (C=O) groups is 2. The van der Waals surface area contributed by atoms with Crippen LogP contribution in [0.3, 0.4) is 0 Å². The number of benzene rings is 2. The lowest BCUT2D eigenvalue weighted by atomic mass is 10.1. The summed E-state index contributed by atoms with van der Waals surface area (Å²) in [5.74, 6) is -0.649. The van der Waals surface area contributed by atoms with Crippen LogP contribution in [0.2, 0.25) is 15.1 Å². The van der Waals surface area contributed by atoms with Gasteiger partial charge in [-0.25, -0.2) is 0 Å². The Labute approximate surface area is 153 Å². The summed E-state index contributed by atoms with van der Waals surface area (Å²) < 4.78 is 5.01. The van der Waals surface area contributed by atoms with E-state index in [-0.39, 0.29) is 33.7 Å². The molecule has 0 aromatic heterocycles. The number of rotatable bonds is 4. The topological polar surface area (TPSA) is 67.4 Å². The van der Waals surface area contributed by atoms with Gasteiger partial charge in [0.05, 0.1) is 23.6 Å². The van der Waals surface area contributed by atoms with Gasteiger partial charge in [0.25, 0.3) is 5.91 Å². The van der Waals surface area contributed by atoms with Gasteiger partial charge in [-0.2, -0.15) is 0 Å². The molecule has 0 unspecified atom stereocenters. The molecule has 2 amide bonds. The number of halogens is 3. The summed E-state index contributed by atoms with van der Waals surface area (Å²) in [5.41, 5.74) is 5.58. The predicted octanol–water partition coefficient (Wildman–Crippen LogP) is 3.66. The van der Waals surface area contributed by atoms with Gasteiger partial charge in [-0.05, 0) is 29.8 Å². The molecule has 5 nitrogen and oxygen atoms in total. The van der Waals surface area contributed by atoms with E-state index in [9.17, 15) is 9.59 Å². The molecule has 126 valence electrons. The van der Waals surface area contributed by atoms with E-state index in [1.54, 1.807) is 24.3 Å². The first kappa shape index (κ1) is 18.4. The van der Waals surface area contributed by atoms with E-state index in [1.807, 2.05) is 0 Å². The average Bonchev–Trinajstić information content (AvgIpc) is 2.54. The Balaban J connectivity index is 1.95. The monoisotopic (exact) mass is 386 g/mol. The van der Waals surface area contributed by atoms with Crippen LogP contribution in [0.1, 0.15) is 15.9 Å². The Morgan fingerprint density at radius 1 is 1.00 bits per heavy atom. The maximum Gasteiger partial charge on any atom is 0.269 e. The van der Waals surface area contributed by atoms with E-state index in [0.29, 0.717) is 5.02 Å². The summed E-state index contributed by atoms with van der Waals surface area (Å²) in [7, 11) is 1.42. The van der Waals surface area contributed by atoms with Gasteiger partial charge in [0.15, 0.2) is 5.75 Å². The molecule has 0 atom stereocenters. The smallest absolute Gasteiger partial charge is 0.269 e. The number of methoxy groups -OCH3 is 1. The number of carbonyl (C=O) groups excluding carboxylic acids is 2. The molecule has 0 aliphatic carbocycles. The predicted molar refractivity (Wildman–Crippen MR) is 93.8 cm³/mol. The molecule has 2 N–H and O–H groups in total. The van der Waals surface area contributed by atoms with E-state index in [0.717, 1.165) is 5.56 Å². The fourth-order valence-corrected chi connectivity index (χ4v) is 2.68. The molecule has 0 radical (unpaired) electrons. The number of hydrogen-bond donors (Lipinski definition) is 2. The quantitative estimate of drug-likeness (QED) is 0.787. The van der Waals surface area contributed by atoms with Crippen LogP contribution in [0, 0.1) is 0 Å². The molecule has 0 saturated heterocycles. The number of hydrazine groups is 1. The molecule has 2 rings (SSSR count). The van der Waals surface area contributed by atoms with Crippen molar-refractivity contribution in [3.8, 4) is 5.75 Å². The minimum Gasteiger partial charge on any atom is -0.494 e. The summed E-state index contributed by atoms with van der Waals surface area (Å²) in [4.78, 5) is 23.9. The zero-order valence-corrected chi connectivity index (χ0v) is 14.8. The van der Waals surface area contributed by atoms with Gasteiger partial charge in [0.2, 0.25) is 5.91 Å². The number of hydrogen-bond acceptors (Lipinski definition) is 3. The molecule has 0 saturated carbocycles. The third kappa shape index (κ3) is 4.77. The largest absolute Gasteiger partial charge is 0.494 e. The molecule has 0 spiro atoms. The van der Waals surface area contributed by atoms with Crippen molar-refractivity contribution in [1.29, 1.82) is 0 Å². The molecule has 2 aromatic carbocycles. The average molecular weight is 388 g/mol. The molecular formula is C16H13Cl3N2O3. The first-order valence-electron chi connectivity index (χ1n) is 6.77. The molecule has 2 aromatic rings. The van der Waals surface area contributed by atoms with E-state index in [1.165, 1.54) is 19.2 Å². The fraction of sp³-hybridized carbons (Fsp3) is 0.125. The van der Waals surface area contributed by atoms with Gasteiger partial charge < -0.3 is 4.74 Å². The Kier molecular flexibility index (Phi) is 6.31. The second-order valence-corrected chi connectivity index (χ2v) is 6.03. The Hall–Kier alpha value is -1.95. The van der Waals surface area contributed by atoms with E-state index in [2.05, 4.69) is 10.9 Å². The van der Waals surface area contributed by atoms with Gasteiger partial charge in [-0.15, -0.1) is 0 Å². The lowest BCUT2D eigenvalue weighted by molar-refractivity contribution is -0.121. The van der Waals surface area contributed by atoms with Gasteiger partial charge >= 0.3 is 0 Å². The zero-order chi connectivity index (χ0) is 17.7. The van der Waals surface area contributed by atoms with Crippen molar-refractivity contribution >= 4 is 46.6 Å². The molecule has 0 aliphatic rings. The SMILES string of the molecule is COc1c(Cl)cc(C(=O)NNC(=O)Cc2ccc(Cl)cc2)cc1Cl. The van der Waals surface area contributed by atoms with Gasteiger partial charge in [0, 0.05) is 10.6 Å². The van der Waals surface area contributed by atoms with Crippen LogP contribution in [0.5, 0.6) is 5.75 Å². The standard InChI is InChI=1S/C16H13Cl3N2O3/c1-24-15-12(18)7-10(8-13(15)19)16(23)21-20-14(22)6-9-2-4-11(17)5-3-9/h2-5,7-8H,6H2,1H3,(H,20,22)(H,21,23). The van der Waals surface area contributed by atoms with Crippen molar-refractivity contribution in [2.24, 2.45) is 0 Å². The summed E-state index contributed by atoms with van der Waals surface area (Å²) >= 11 is 17.7. The highest BCUT2D eigenvalue weighted by Gasteiger charge is 2.14. The van der Waals surface area contributed by atoms with Crippen LogP contribution in [-0.4, -0.2) is 18.9 Å². The van der Waals surface area contributed by atoms with Crippen LogP contribution in [0.4, 0.5) is 0 Å². The molecular weight excluding hydrogens is 375 g/mol. The first-order valence-corrected chi connectivity index (χ1v) is 7.90. The number of ether oxygens (including phenoxy) is 1. The van der Waals surface area contributed by atoms with Crippen LogP contribution in [-0.2, 0) is 11.2 Å². The van der Waals surface area contributed by atoms with E-state index < -0.39 is 5.91 Å². The summed E-state index contributed by atoms with van der Waals surface area (Å²) in [6.07, 6.45) is 0.0988. The first-order chi connectivity index (χ1) is 11.4. The van der Waals surface area contributed by atoms with Crippen molar-refractivity contribution in [2.75, 3.05) is 7.11 Å². The van der Waals surface area contributed by atoms with E-state index >= 15 is 0 Å². The van der Waals surface area contributed by atoms with Crippen LogP contribution < -0.4 is 15.6 Å². The Bertz CT molecular complexity index is 741. The number of nitrogens with one attached hydrogen (secondary N) is 2. The maximum absolute atomic E-state index is 12.0. The second kappa shape index (κ2) is 8.24. The highest BCUT2D eigenvalue weighted by molar-refractivity contribution is 6.37. The molecule has 0 fully saturated rings. The van der Waals surface area contributed by atoms with Gasteiger partial charge in [0.1, 0.15) is 0 Å². The van der Waals surface area contributed by atoms with Crippen LogP contribution >= 0.6 is 34.8 Å². The Morgan fingerprint density at radius 2 is 1.58 bits per heavy atom. The highest BCUT2D eigenvalue weighted by atomic mass is 35.5. The second-order valence-electron chi connectivity index (χ2n) is 4.78. The molecule has 8 heteroatoms. The minimum atomic E-state index is -0.550. The molecule has 24 heavy (non-hydrogen) atoms. The molecule has 0 bridgehead atoms. The third-order valence-corrected chi connectivity index (χ3v) is 3.87. The van der Waals surface area contributed by atoms with Crippen molar-refractivity contribution in [1.82, 2.24) is 10.9 Å². The normalized spacial score (nSPS) is 10.2. The highest BCUT2D eigenvalue weighted by Crippen LogP contribution is 2.33. The maximum atomic E-state index is 12.0. The van der Waals surface area contributed by atoms with Crippen molar-refractivity contribution in [3.63, 3.8) is 0 Å². The van der Waals surface area contributed by atoms with Crippen LogP contribution in [0.25, 0.3) is 0 Å². The zero-order valence-electron chi connectivity index (χ0n) is 12.5. The minimum absolute atomic E-state index is 0.0988. The summed E-state index contributed by atoms with van der Waals surface area (Å²) in [6.45, 7) is 0. The fourth-order valence-electron chi connectivity index (χ4n) is 1.92. The van der Waals surface area contributed by atoms with Crippen LogP contribution in [0.15, 0.2) is 36.4 Å². The lowest BCUT2D eigenvalue weighted by Crippen LogP contribution is -2.42. The van der Waals surface area contributed by atoms with Gasteiger partial charge in [-0.1, -0.05) is 46.9 Å². The Morgan fingerprint density at radius 3 is 2.12 bits per heavy atom. The number of amides is 2. The van der Waals surface area contributed by atoms with Crippen molar-refractivity contribution in [2.45, 2.75) is 6.42 Å². The van der Waals surface area contributed by atoms with Crippen molar-refractivity contribution in [3.05, 3.63) is 62.6 Å². The van der Waals surface area contributed by atoms with Crippen molar-refractivity contribution < 1.29 is 14.3 Å². The molecule has 0 aliphatic heterocycles. The van der Waals surface area contributed by atoms with E-state index in [4.69, 9.17) is 39.5 Å². The lowest BCUT2D eigenvalue weighted by Gasteiger charge is -2.10.